The van der Waals surface area contributed by atoms with Crippen molar-refractivity contribution in [2.75, 3.05) is 12.4 Å². The Morgan fingerprint density at radius 2 is 2.07 bits per heavy atom. The van der Waals surface area contributed by atoms with E-state index in [0.29, 0.717) is 22.0 Å². The van der Waals surface area contributed by atoms with Gasteiger partial charge < -0.3 is 10.1 Å². The number of benzene rings is 2. The van der Waals surface area contributed by atoms with E-state index in [9.17, 15) is 10.1 Å². The molecule has 0 aliphatic rings. The molecule has 0 unspecified atom stereocenters. The lowest BCUT2D eigenvalue weighted by Gasteiger charge is -2.10. The minimum Gasteiger partial charge on any atom is -0.495 e. The van der Waals surface area contributed by atoms with Crippen molar-refractivity contribution in [3.05, 3.63) is 70.9 Å². The molecule has 6 nitrogen and oxygen atoms in total. The first-order valence-electron chi connectivity index (χ1n) is 7.98. The minimum absolute atomic E-state index is 0.0735. The Kier molecular flexibility index (Phi) is 5.55. The monoisotopic (exact) mass is 378 g/mol. The van der Waals surface area contributed by atoms with Crippen LogP contribution in [0.3, 0.4) is 0 Å². The highest BCUT2D eigenvalue weighted by molar-refractivity contribution is 6.31. The lowest BCUT2D eigenvalue weighted by molar-refractivity contribution is -0.112. The van der Waals surface area contributed by atoms with Crippen LogP contribution in [0.2, 0.25) is 5.02 Å². The highest BCUT2D eigenvalue weighted by Gasteiger charge is 2.15. The van der Waals surface area contributed by atoms with E-state index in [2.05, 4.69) is 15.5 Å². The number of halogens is 1. The zero-order valence-electron chi connectivity index (χ0n) is 14.4. The van der Waals surface area contributed by atoms with Crippen LogP contribution in [0.4, 0.5) is 5.69 Å². The van der Waals surface area contributed by atoms with Gasteiger partial charge in [-0.1, -0.05) is 41.9 Å². The highest BCUT2D eigenvalue weighted by Crippen LogP contribution is 2.28. The molecule has 2 aromatic carbocycles. The Morgan fingerprint density at radius 3 is 2.78 bits per heavy atom. The summed E-state index contributed by atoms with van der Waals surface area (Å²) in [6.45, 7) is 0. The average molecular weight is 379 g/mol. The molecule has 1 heterocycles. The maximum Gasteiger partial charge on any atom is 0.266 e. The van der Waals surface area contributed by atoms with Gasteiger partial charge in [-0.15, -0.1) is 0 Å². The molecule has 1 amide bonds. The third-order valence-corrected chi connectivity index (χ3v) is 4.04. The smallest absolute Gasteiger partial charge is 0.266 e. The van der Waals surface area contributed by atoms with Gasteiger partial charge in [-0.3, -0.25) is 9.89 Å². The summed E-state index contributed by atoms with van der Waals surface area (Å²) >= 11 is 5.98. The molecule has 3 rings (SSSR count). The molecule has 0 atom stereocenters. The second-order valence-electron chi connectivity index (χ2n) is 5.53. The van der Waals surface area contributed by atoms with Gasteiger partial charge in [-0.05, 0) is 24.3 Å². The van der Waals surface area contributed by atoms with Gasteiger partial charge in [0.15, 0.2) is 0 Å². The molecule has 0 aliphatic carbocycles. The van der Waals surface area contributed by atoms with Crippen LogP contribution >= 0.6 is 11.6 Å². The van der Waals surface area contributed by atoms with Gasteiger partial charge in [0.1, 0.15) is 17.4 Å². The first-order valence-corrected chi connectivity index (χ1v) is 8.35. The van der Waals surface area contributed by atoms with Gasteiger partial charge in [0.25, 0.3) is 5.91 Å². The van der Waals surface area contributed by atoms with E-state index in [1.807, 2.05) is 36.4 Å². The Balaban J connectivity index is 1.90. The molecule has 0 radical (unpaired) electrons. The summed E-state index contributed by atoms with van der Waals surface area (Å²) in [7, 11) is 1.48. The van der Waals surface area contributed by atoms with Crippen molar-refractivity contribution in [2.45, 2.75) is 0 Å². The Morgan fingerprint density at radius 1 is 1.30 bits per heavy atom. The van der Waals surface area contributed by atoms with Crippen molar-refractivity contribution in [1.82, 2.24) is 10.2 Å². The quantitative estimate of drug-likeness (QED) is 0.512. The van der Waals surface area contributed by atoms with Crippen LogP contribution in [0.1, 0.15) is 5.56 Å². The topological polar surface area (TPSA) is 90.8 Å². The second kappa shape index (κ2) is 8.21. The molecular weight excluding hydrogens is 364 g/mol. The lowest BCUT2D eigenvalue weighted by atomic mass is 10.1. The van der Waals surface area contributed by atoms with E-state index >= 15 is 0 Å². The molecule has 27 heavy (non-hydrogen) atoms. The van der Waals surface area contributed by atoms with Crippen LogP contribution in [0.25, 0.3) is 17.3 Å². The van der Waals surface area contributed by atoms with E-state index in [-0.39, 0.29) is 5.57 Å². The third kappa shape index (κ3) is 4.17. The fourth-order valence-electron chi connectivity index (χ4n) is 2.51. The second-order valence-corrected chi connectivity index (χ2v) is 5.97. The van der Waals surface area contributed by atoms with Crippen molar-refractivity contribution in [3.8, 4) is 23.1 Å². The van der Waals surface area contributed by atoms with Crippen molar-refractivity contribution in [2.24, 2.45) is 0 Å². The predicted octanol–water partition coefficient (Wildman–Crippen LogP) is 4.28. The molecule has 134 valence electrons. The molecule has 0 fully saturated rings. The molecule has 2 N–H and O–H groups in total. The fraction of sp³-hybridized carbons (Fsp3) is 0.0500. The number of methoxy groups -OCH3 is 1. The number of carbonyl (C=O) groups excluding carboxylic acids is 1. The molecule has 7 heteroatoms. The molecule has 0 aliphatic heterocycles. The van der Waals surface area contributed by atoms with Gasteiger partial charge in [0.2, 0.25) is 0 Å². The van der Waals surface area contributed by atoms with Gasteiger partial charge >= 0.3 is 0 Å². The number of carbonyl (C=O) groups is 1. The highest BCUT2D eigenvalue weighted by atomic mass is 35.5. The summed E-state index contributed by atoms with van der Waals surface area (Å²) in [6.07, 6.45) is 3.05. The predicted molar refractivity (Wildman–Crippen MR) is 104 cm³/mol. The van der Waals surface area contributed by atoms with Gasteiger partial charge in [0, 0.05) is 16.1 Å². The van der Waals surface area contributed by atoms with E-state index in [4.69, 9.17) is 16.3 Å². The third-order valence-electron chi connectivity index (χ3n) is 3.81. The summed E-state index contributed by atoms with van der Waals surface area (Å²) in [4.78, 5) is 12.6. The number of nitrogens with zero attached hydrogens (tertiary/aromatic N) is 2. The number of aromatic amines is 1. The lowest BCUT2D eigenvalue weighted by Crippen LogP contribution is -2.14. The van der Waals surface area contributed by atoms with Crippen LogP contribution in [0.5, 0.6) is 5.75 Å². The van der Waals surface area contributed by atoms with E-state index in [0.717, 1.165) is 11.3 Å². The summed E-state index contributed by atoms with van der Waals surface area (Å²) in [5.74, 6) is -0.128. The zero-order chi connectivity index (χ0) is 19.2. The molecule has 1 aromatic heterocycles. The summed E-state index contributed by atoms with van der Waals surface area (Å²) in [5.41, 5.74) is 2.56. The first-order chi connectivity index (χ1) is 13.1. The van der Waals surface area contributed by atoms with E-state index in [1.54, 1.807) is 24.4 Å². The minimum atomic E-state index is -0.571. The van der Waals surface area contributed by atoms with Crippen LogP contribution < -0.4 is 10.1 Å². The molecule has 0 spiro atoms. The summed E-state index contributed by atoms with van der Waals surface area (Å²) in [5, 5.41) is 19.5. The molecular formula is C20H15ClN4O2. The van der Waals surface area contributed by atoms with Crippen molar-refractivity contribution in [3.63, 3.8) is 0 Å². The number of rotatable bonds is 5. The average Bonchev–Trinajstić information content (AvgIpc) is 3.15. The largest absolute Gasteiger partial charge is 0.495 e. The van der Waals surface area contributed by atoms with Gasteiger partial charge in [-0.2, -0.15) is 10.4 Å². The Hall–Kier alpha value is -3.56. The van der Waals surface area contributed by atoms with Gasteiger partial charge in [-0.25, -0.2) is 0 Å². The first kappa shape index (κ1) is 18.2. The normalized spacial score (nSPS) is 10.9. The number of nitriles is 1. The van der Waals surface area contributed by atoms with Crippen LogP contribution in [-0.4, -0.2) is 23.2 Å². The fourth-order valence-corrected chi connectivity index (χ4v) is 2.68. The maximum atomic E-state index is 12.6. The van der Waals surface area contributed by atoms with Crippen molar-refractivity contribution in [1.29, 1.82) is 5.26 Å². The van der Waals surface area contributed by atoms with E-state index < -0.39 is 5.91 Å². The number of nitrogens with one attached hydrogen (secondary N) is 2. The van der Waals surface area contributed by atoms with Gasteiger partial charge in [0.05, 0.1) is 24.7 Å². The SMILES string of the molecule is COc1ccc(Cl)cc1NC(=O)C(C#N)=Cc1cn[nH]c1-c1ccccc1. The van der Waals surface area contributed by atoms with Crippen LogP contribution in [0.15, 0.2) is 60.3 Å². The number of hydrogen-bond acceptors (Lipinski definition) is 4. The number of hydrogen-bond donors (Lipinski definition) is 2. The molecule has 0 bridgehead atoms. The maximum absolute atomic E-state index is 12.6. The van der Waals surface area contributed by atoms with Crippen molar-refractivity contribution < 1.29 is 9.53 Å². The number of ether oxygens (including phenoxy) is 1. The molecule has 0 saturated heterocycles. The number of H-pyrrole nitrogens is 1. The Labute approximate surface area is 161 Å². The standard InChI is InChI=1S/C20H15ClN4O2/c1-27-18-8-7-16(21)10-17(18)24-20(26)14(11-22)9-15-12-23-25-19(15)13-5-3-2-4-6-13/h2-10,12H,1H3,(H,23,25)(H,24,26). The van der Waals surface area contributed by atoms with Crippen molar-refractivity contribution >= 4 is 29.3 Å². The Bertz CT molecular complexity index is 1040. The van der Waals surface area contributed by atoms with Crippen LogP contribution in [-0.2, 0) is 4.79 Å². The number of amides is 1. The zero-order valence-corrected chi connectivity index (χ0v) is 15.1. The molecule has 0 saturated carbocycles. The summed E-state index contributed by atoms with van der Waals surface area (Å²) in [6, 6.07) is 16.3. The molecule has 3 aromatic rings. The number of anilines is 1. The van der Waals surface area contributed by atoms with Crippen LogP contribution in [0, 0.1) is 11.3 Å². The summed E-state index contributed by atoms with van der Waals surface area (Å²) < 4.78 is 5.21. The van der Waals surface area contributed by atoms with E-state index in [1.165, 1.54) is 13.2 Å². The number of aromatic nitrogens is 2.